The van der Waals surface area contributed by atoms with E-state index in [2.05, 4.69) is 5.32 Å². The molecule has 0 bridgehead atoms. The molecule has 110 valence electrons. The number of ether oxygens (including phenoxy) is 1. The van der Waals surface area contributed by atoms with E-state index in [1.54, 1.807) is 24.1 Å². The molecule has 1 aliphatic rings. The Bertz CT molecular complexity index is 463. The Hall–Kier alpha value is -1.46. The number of carbonyl (C=O) groups excluding carboxylic acids is 1. The van der Waals surface area contributed by atoms with Gasteiger partial charge in [0.05, 0.1) is 25.2 Å². The predicted molar refractivity (Wildman–Crippen MR) is 74.7 cm³/mol. The average Bonchev–Trinajstić information content (AvgIpc) is 2.94. The molecule has 1 aromatic rings. The maximum atomic E-state index is 12.9. The highest BCUT2D eigenvalue weighted by molar-refractivity contribution is 5.80. The Morgan fingerprint density at radius 3 is 2.65 bits per heavy atom. The number of benzene rings is 1. The molecule has 1 amide bonds. The van der Waals surface area contributed by atoms with Crippen molar-refractivity contribution in [1.82, 2.24) is 10.2 Å². The lowest BCUT2D eigenvalue weighted by Crippen LogP contribution is -2.44. The summed E-state index contributed by atoms with van der Waals surface area (Å²) in [6.45, 7) is 2.95. The molecular formula is C15H21FN2O2. The first-order valence-electron chi connectivity index (χ1n) is 6.81. The van der Waals surface area contributed by atoms with Crippen LogP contribution in [0.2, 0.25) is 0 Å². The minimum absolute atomic E-state index is 0.0543. The number of hydrogen-bond acceptors (Lipinski definition) is 3. The molecule has 1 heterocycles. The molecule has 3 atom stereocenters. The third-order valence-corrected chi connectivity index (χ3v) is 4.05. The van der Waals surface area contributed by atoms with E-state index < -0.39 is 0 Å². The molecule has 0 aromatic heterocycles. The minimum atomic E-state index is -0.269. The van der Waals surface area contributed by atoms with Gasteiger partial charge in [0.1, 0.15) is 5.82 Å². The third-order valence-electron chi connectivity index (χ3n) is 4.05. The van der Waals surface area contributed by atoms with Crippen molar-refractivity contribution in [2.45, 2.75) is 19.0 Å². The molecule has 0 aliphatic carbocycles. The number of halogens is 1. The van der Waals surface area contributed by atoms with Crippen molar-refractivity contribution < 1.29 is 13.9 Å². The lowest BCUT2D eigenvalue weighted by Gasteiger charge is -2.29. The highest BCUT2D eigenvalue weighted by Gasteiger charge is 2.36. The Kier molecular flexibility index (Phi) is 4.73. The Morgan fingerprint density at radius 1 is 1.40 bits per heavy atom. The third kappa shape index (κ3) is 2.99. The Labute approximate surface area is 118 Å². The summed E-state index contributed by atoms with van der Waals surface area (Å²) in [5.74, 6) is -0.374. The second kappa shape index (κ2) is 6.33. The summed E-state index contributed by atoms with van der Waals surface area (Å²) in [5.41, 5.74) is 0.919. The molecule has 1 aliphatic heterocycles. The van der Waals surface area contributed by atoms with Crippen LogP contribution in [0.5, 0.6) is 0 Å². The molecule has 0 saturated carbocycles. The van der Waals surface area contributed by atoms with E-state index in [1.807, 2.05) is 14.0 Å². The smallest absolute Gasteiger partial charge is 0.229 e. The van der Waals surface area contributed by atoms with Crippen molar-refractivity contribution in [3.63, 3.8) is 0 Å². The molecule has 3 unspecified atom stereocenters. The summed E-state index contributed by atoms with van der Waals surface area (Å²) in [4.78, 5) is 14.2. The highest BCUT2D eigenvalue weighted by Crippen LogP contribution is 2.23. The fourth-order valence-electron chi connectivity index (χ4n) is 2.50. The fourth-order valence-corrected chi connectivity index (χ4v) is 2.50. The minimum Gasteiger partial charge on any atom is -0.379 e. The van der Waals surface area contributed by atoms with E-state index in [0.29, 0.717) is 13.2 Å². The summed E-state index contributed by atoms with van der Waals surface area (Å²) >= 11 is 0. The van der Waals surface area contributed by atoms with Crippen molar-refractivity contribution in [2.75, 3.05) is 27.3 Å². The van der Waals surface area contributed by atoms with Gasteiger partial charge >= 0.3 is 0 Å². The van der Waals surface area contributed by atoms with Gasteiger partial charge in [-0.25, -0.2) is 4.39 Å². The zero-order valence-corrected chi connectivity index (χ0v) is 12.1. The van der Waals surface area contributed by atoms with E-state index >= 15 is 0 Å². The van der Waals surface area contributed by atoms with Crippen LogP contribution in [0.4, 0.5) is 4.39 Å². The van der Waals surface area contributed by atoms with Gasteiger partial charge in [-0.3, -0.25) is 4.79 Å². The lowest BCUT2D eigenvalue weighted by molar-refractivity contribution is -0.136. The van der Waals surface area contributed by atoms with Gasteiger partial charge in [0.15, 0.2) is 0 Å². The largest absolute Gasteiger partial charge is 0.379 e. The van der Waals surface area contributed by atoms with Crippen LogP contribution in [0.1, 0.15) is 18.5 Å². The van der Waals surface area contributed by atoms with Gasteiger partial charge in [-0.2, -0.15) is 0 Å². The average molecular weight is 280 g/mol. The lowest BCUT2D eigenvalue weighted by atomic mass is 10.00. The molecule has 0 radical (unpaired) electrons. The number of carbonyl (C=O) groups is 1. The zero-order valence-electron chi connectivity index (χ0n) is 12.1. The number of nitrogens with zero attached hydrogens (tertiary/aromatic N) is 1. The molecule has 2 rings (SSSR count). The van der Waals surface area contributed by atoms with Crippen LogP contribution in [-0.4, -0.2) is 44.2 Å². The van der Waals surface area contributed by atoms with Crippen LogP contribution >= 0.6 is 0 Å². The second-order valence-corrected chi connectivity index (χ2v) is 5.22. The molecule has 5 heteroatoms. The van der Waals surface area contributed by atoms with Gasteiger partial charge in [0, 0.05) is 13.1 Å². The highest BCUT2D eigenvalue weighted by atomic mass is 19.1. The number of amides is 1. The second-order valence-electron chi connectivity index (χ2n) is 5.22. The summed E-state index contributed by atoms with van der Waals surface area (Å²) in [6, 6.07) is 6.22. The summed E-state index contributed by atoms with van der Waals surface area (Å²) in [7, 11) is 3.62. The maximum Gasteiger partial charge on any atom is 0.229 e. The molecule has 1 N–H and O–H groups in total. The van der Waals surface area contributed by atoms with Crippen LogP contribution in [0.15, 0.2) is 24.3 Å². The molecule has 20 heavy (non-hydrogen) atoms. The van der Waals surface area contributed by atoms with E-state index in [0.717, 1.165) is 5.56 Å². The van der Waals surface area contributed by atoms with Crippen LogP contribution in [0, 0.1) is 11.7 Å². The summed E-state index contributed by atoms with van der Waals surface area (Å²) in [5, 5.41) is 3.11. The summed E-state index contributed by atoms with van der Waals surface area (Å²) in [6.07, 6.45) is 0. The number of hydrogen-bond donors (Lipinski definition) is 1. The van der Waals surface area contributed by atoms with E-state index in [4.69, 9.17) is 4.74 Å². The van der Waals surface area contributed by atoms with Crippen molar-refractivity contribution >= 4 is 5.91 Å². The van der Waals surface area contributed by atoms with E-state index in [1.165, 1.54) is 12.1 Å². The number of likely N-dealkylation sites (N-methyl/N-ethyl adjacent to an activating group) is 1. The Morgan fingerprint density at radius 2 is 2.05 bits per heavy atom. The van der Waals surface area contributed by atoms with Gasteiger partial charge in [0.2, 0.25) is 5.91 Å². The Balaban J connectivity index is 2.07. The van der Waals surface area contributed by atoms with Crippen molar-refractivity contribution in [1.29, 1.82) is 0 Å². The quantitative estimate of drug-likeness (QED) is 0.910. The number of rotatable bonds is 4. The van der Waals surface area contributed by atoms with Gasteiger partial charge in [0.25, 0.3) is 0 Å². The van der Waals surface area contributed by atoms with Crippen LogP contribution in [0.25, 0.3) is 0 Å². The molecule has 0 spiro atoms. The fraction of sp³-hybridized carbons (Fsp3) is 0.533. The molecule has 4 nitrogen and oxygen atoms in total. The number of nitrogens with one attached hydrogen (secondary N) is 1. The van der Waals surface area contributed by atoms with Gasteiger partial charge < -0.3 is 15.0 Å². The summed E-state index contributed by atoms with van der Waals surface area (Å²) < 4.78 is 18.3. The standard InChI is InChI=1S/C15H21FN2O2/c1-10(11-4-6-12(16)7-5-11)18(3)15(19)13-8-20-9-14(13)17-2/h4-7,10,13-14,17H,8-9H2,1-3H3. The van der Waals surface area contributed by atoms with Crippen LogP contribution in [0.3, 0.4) is 0 Å². The molecular weight excluding hydrogens is 259 g/mol. The van der Waals surface area contributed by atoms with Gasteiger partial charge in [-0.15, -0.1) is 0 Å². The topological polar surface area (TPSA) is 41.6 Å². The SMILES string of the molecule is CNC1COCC1C(=O)N(C)C(C)c1ccc(F)cc1. The first kappa shape index (κ1) is 14.9. The first-order valence-corrected chi connectivity index (χ1v) is 6.81. The van der Waals surface area contributed by atoms with E-state index in [-0.39, 0.29) is 29.7 Å². The van der Waals surface area contributed by atoms with Gasteiger partial charge in [-0.1, -0.05) is 12.1 Å². The van der Waals surface area contributed by atoms with Crippen molar-refractivity contribution in [3.8, 4) is 0 Å². The van der Waals surface area contributed by atoms with Crippen LogP contribution < -0.4 is 5.32 Å². The molecule has 1 saturated heterocycles. The maximum absolute atomic E-state index is 12.9. The molecule has 1 fully saturated rings. The van der Waals surface area contributed by atoms with Crippen LogP contribution in [-0.2, 0) is 9.53 Å². The zero-order chi connectivity index (χ0) is 14.7. The normalized spacial score (nSPS) is 23.6. The van der Waals surface area contributed by atoms with Gasteiger partial charge in [-0.05, 0) is 31.7 Å². The molecule has 1 aromatic carbocycles. The van der Waals surface area contributed by atoms with E-state index in [9.17, 15) is 9.18 Å². The predicted octanol–water partition coefficient (Wildman–Crippen LogP) is 1.58. The van der Waals surface area contributed by atoms with Crippen molar-refractivity contribution in [2.24, 2.45) is 5.92 Å². The first-order chi connectivity index (χ1) is 9.54. The van der Waals surface area contributed by atoms with Crippen molar-refractivity contribution in [3.05, 3.63) is 35.6 Å². The monoisotopic (exact) mass is 280 g/mol.